The molecule has 3 aromatic rings. The summed E-state index contributed by atoms with van der Waals surface area (Å²) in [5, 5.41) is 5.86. The molecule has 0 aromatic heterocycles. The van der Waals surface area contributed by atoms with Crippen molar-refractivity contribution in [1.29, 1.82) is 0 Å². The Morgan fingerprint density at radius 3 is 2.29 bits per heavy atom. The van der Waals surface area contributed by atoms with Gasteiger partial charge in [0.2, 0.25) is 5.91 Å². The summed E-state index contributed by atoms with van der Waals surface area (Å²) in [7, 11) is 1.60. The van der Waals surface area contributed by atoms with E-state index in [0.717, 1.165) is 18.4 Å². The Bertz CT molecular complexity index is 1010. The SMILES string of the molecule is COc1cccc(NC(=O)C(CCCc2ccccc2)NC(=O)c2ccccc2)c1C.[HH].[HH]. The number of aryl methyl sites for hydroxylation is 1. The minimum absolute atomic E-state index is 0. The molecule has 0 aliphatic heterocycles. The van der Waals surface area contributed by atoms with Crippen LogP contribution in [-0.4, -0.2) is 25.0 Å². The van der Waals surface area contributed by atoms with Crippen molar-refractivity contribution in [3.8, 4) is 5.75 Å². The van der Waals surface area contributed by atoms with E-state index in [1.807, 2.05) is 49.4 Å². The first-order valence-electron chi connectivity index (χ1n) is 10.4. The average molecular weight is 421 g/mol. The van der Waals surface area contributed by atoms with Crippen molar-refractivity contribution < 1.29 is 17.2 Å². The molecule has 0 aliphatic carbocycles. The van der Waals surface area contributed by atoms with Crippen LogP contribution >= 0.6 is 0 Å². The molecule has 5 nitrogen and oxygen atoms in total. The van der Waals surface area contributed by atoms with Crippen LogP contribution < -0.4 is 15.4 Å². The molecule has 0 saturated heterocycles. The van der Waals surface area contributed by atoms with E-state index in [1.165, 1.54) is 5.56 Å². The van der Waals surface area contributed by atoms with Crippen LogP contribution in [0.5, 0.6) is 5.75 Å². The second-order valence-electron chi connectivity index (χ2n) is 7.39. The molecule has 2 amide bonds. The third kappa shape index (κ3) is 6.19. The Morgan fingerprint density at radius 1 is 0.935 bits per heavy atom. The van der Waals surface area contributed by atoms with Crippen molar-refractivity contribution >= 4 is 17.5 Å². The van der Waals surface area contributed by atoms with Gasteiger partial charge >= 0.3 is 0 Å². The van der Waals surface area contributed by atoms with Gasteiger partial charge in [-0.2, -0.15) is 0 Å². The highest BCUT2D eigenvalue weighted by molar-refractivity contribution is 6.01. The molecule has 0 spiro atoms. The summed E-state index contributed by atoms with van der Waals surface area (Å²) >= 11 is 0. The highest BCUT2D eigenvalue weighted by Gasteiger charge is 2.22. The van der Waals surface area contributed by atoms with Crippen LogP contribution in [0.4, 0.5) is 5.69 Å². The van der Waals surface area contributed by atoms with Crippen molar-refractivity contribution in [3.63, 3.8) is 0 Å². The molecule has 164 valence electrons. The summed E-state index contributed by atoms with van der Waals surface area (Å²) in [6.45, 7) is 1.89. The smallest absolute Gasteiger partial charge is 0.251 e. The fraction of sp³-hybridized carbons (Fsp3) is 0.231. The van der Waals surface area contributed by atoms with Gasteiger partial charge in [0, 0.05) is 19.7 Å². The third-order valence-corrected chi connectivity index (χ3v) is 5.22. The Kier molecular flexibility index (Phi) is 7.82. The van der Waals surface area contributed by atoms with Crippen molar-refractivity contribution in [2.75, 3.05) is 12.4 Å². The standard InChI is InChI=1S/C26H28N2O3.2H2/c1-19-22(16-10-18-24(19)31-2)27-26(30)23(17-9-13-20-11-5-3-6-12-20)28-25(29)21-14-7-4-8-15-21;;/h3-8,10-12,14-16,18,23H,9,13,17H2,1-2H3,(H,27,30)(H,28,29);2*1H. The maximum absolute atomic E-state index is 13.1. The van der Waals surface area contributed by atoms with Gasteiger partial charge in [-0.25, -0.2) is 0 Å². The lowest BCUT2D eigenvalue weighted by Crippen LogP contribution is -2.44. The quantitative estimate of drug-likeness (QED) is 0.496. The van der Waals surface area contributed by atoms with Crippen LogP contribution in [-0.2, 0) is 11.2 Å². The number of hydrogen-bond acceptors (Lipinski definition) is 3. The van der Waals surface area contributed by atoms with E-state index in [2.05, 4.69) is 22.8 Å². The summed E-state index contributed by atoms with van der Waals surface area (Å²) < 4.78 is 5.34. The molecule has 0 aliphatic rings. The van der Waals surface area contributed by atoms with Crippen LogP contribution in [0.1, 0.15) is 37.2 Å². The molecule has 1 atom stereocenters. The Labute approximate surface area is 186 Å². The predicted molar refractivity (Wildman–Crippen MR) is 128 cm³/mol. The Balaban J connectivity index is 0.00000272. The second kappa shape index (κ2) is 11.0. The first-order valence-corrected chi connectivity index (χ1v) is 10.4. The number of methoxy groups -OCH3 is 1. The zero-order chi connectivity index (χ0) is 22.1. The fourth-order valence-corrected chi connectivity index (χ4v) is 3.45. The van der Waals surface area contributed by atoms with E-state index >= 15 is 0 Å². The van der Waals surface area contributed by atoms with Gasteiger partial charge in [0.15, 0.2) is 0 Å². The zero-order valence-electron chi connectivity index (χ0n) is 17.9. The number of nitrogens with one attached hydrogen (secondary N) is 2. The van der Waals surface area contributed by atoms with Crippen LogP contribution in [0.2, 0.25) is 0 Å². The number of benzene rings is 3. The molecule has 0 heterocycles. The predicted octanol–water partition coefficient (Wildman–Crippen LogP) is 5.26. The molecule has 0 radical (unpaired) electrons. The van der Waals surface area contributed by atoms with Crippen molar-refractivity contribution in [3.05, 3.63) is 95.6 Å². The maximum atomic E-state index is 13.1. The van der Waals surface area contributed by atoms with E-state index in [-0.39, 0.29) is 14.7 Å². The number of rotatable bonds is 9. The van der Waals surface area contributed by atoms with E-state index in [9.17, 15) is 9.59 Å². The summed E-state index contributed by atoms with van der Waals surface area (Å²) in [4.78, 5) is 25.8. The molecule has 0 bridgehead atoms. The molecular weight excluding hydrogens is 388 g/mol. The molecule has 5 heteroatoms. The average Bonchev–Trinajstić information content (AvgIpc) is 2.81. The number of anilines is 1. The van der Waals surface area contributed by atoms with Gasteiger partial charge in [0.25, 0.3) is 5.91 Å². The number of ether oxygens (including phenoxy) is 1. The first kappa shape index (κ1) is 22.1. The minimum atomic E-state index is -0.651. The molecule has 0 saturated carbocycles. The normalized spacial score (nSPS) is 11.4. The number of carbonyl (C=O) groups excluding carboxylic acids is 2. The van der Waals surface area contributed by atoms with Crippen LogP contribution in [0, 0.1) is 6.92 Å². The van der Waals surface area contributed by atoms with Crippen molar-refractivity contribution in [2.45, 2.75) is 32.2 Å². The highest BCUT2D eigenvalue weighted by atomic mass is 16.5. The van der Waals surface area contributed by atoms with Gasteiger partial charge in [-0.3, -0.25) is 9.59 Å². The summed E-state index contributed by atoms with van der Waals surface area (Å²) in [6, 6.07) is 23.9. The van der Waals surface area contributed by atoms with Gasteiger partial charge in [-0.05, 0) is 56.0 Å². The molecule has 0 fully saturated rings. The van der Waals surface area contributed by atoms with E-state index in [4.69, 9.17) is 4.74 Å². The lowest BCUT2D eigenvalue weighted by molar-refractivity contribution is -0.118. The lowest BCUT2D eigenvalue weighted by Gasteiger charge is -2.20. The number of hydrogen-bond donors (Lipinski definition) is 2. The zero-order valence-corrected chi connectivity index (χ0v) is 17.9. The molecule has 3 rings (SSSR count). The molecule has 3 aromatic carbocycles. The van der Waals surface area contributed by atoms with Gasteiger partial charge < -0.3 is 15.4 Å². The number of carbonyl (C=O) groups is 2. The van der Waals surface area contributed by atoms with Gasteiger partial charge in [-0.15, -0.1) is 0 Å². The molecule has 31 heavy (non-hydrogen) atoms. The second-order valence-corrected chi connectivity index (χ2v) is 7.39. The fourth-order valence-electron chi connectivity index (χ4n) is 3.45. The van der Waals surface area contributed by atoms with E-state index in [0.29, 0.717) is 23.4 Å². The molecule has 2 N–H and O–H groups in total. The lowest BCUT2D eigenvalue weighted by atomic mass is 10.0. The monoisotopic (exact) mass is 420 g/mol. The largest absolute Gasteiger partial charge is 0.496 e. The first-order chi connectivity index (χ1) is 15.1. The van der Waals surface area contributed by atoms with E-state index in [1.54, 1.807) is 31.4 Å². The van der Waals surface area contributed by atoms with Gasteiger partial charge in [0.1, 0.15) is 11.8 Å². The third-order valence-electron chi connectivity index (χ3n) is 5.22. The Morgan fingerprint density at radius 2 is 1.61 bits per heavy atom. The molecular formula is C26H32N2O3. The maximum Gasteiger partial charge on any atom is 0.251 e. The minimum Gasteiger partial charge on any atom is -0.496 e. The van der Waals surface area contributed by atoms with Crippen LogP contribution in [0.25, 0.3) is 0 Å². The summed E-state index contributed by atoms with van der Waals surface area (Å²) in [6.07, 6.45) is 2.14. The van der Waals surface area contributed by atoms with E-state index < -0.39 is 6.04 Å². The van der Waals surface area contributed by atoms with Gasteiger partial charge in [0.05, 0.1) is 7.11 Å². The summed E-state index contributed by atoms with van der Waals surface area (Å²) in [5.41, 5.74) is 3.25. The summed E-state index contributed by atoms with van der Waals surface area (Å²) in [5.74, 6) is 0.197. The number of amides is 2. The van der Waals surface area contributed by atoms with Crippen molar-refractivity contribution in [1.82, 2.24) is 5.32 Å². The topological polar surface area (TPSA) is 67.4 Å². The molecule has 1 unspecified atom stereocenters. The Hall–Kier alpha value is -3.60. The van der Waals surface area contributed by atoms with Crippen LogP contribution in [0.15, 0.2) is 78.9 Å². The van der Waals surface area contributed by atoms with Crippen LogP contribution in [0.3, 0.4) is 0 Å². The van der Waals surface area contributed by atoms with Crippen molar-refractivity contribution in [2.24, 2.45) is 0 Å². The highest BCUT2D eigenvalue weighted by Crippen LogP contribution is 2.25. The van der Waals surface area contributed by atoms with Gasteiger partial charge in [-0.1, -0.05) is 54.6 Å².